The lowest BCUT2D eigenvalue weighted by Crippen LogP contribution is -2.64. The first kappa shape index (κ1) is 27.7. The zero-order valence-corrected chi connectivity index (χ0v) is 23.4. The summed E-state index contributed by atoms with van der Waals surface area (Å²) in [6.45, 7) is 6.27. The number of hydrogen-bond acceptors (Lipinski definition) is 6. The molecule has 1 aliphatic heterocycles. The molecular formula is C30H32N2O4S2. The maximum Gasteiger partial charge on any atom is 0.355 e. The zero-order valence-electron chi connectivity index (χ0n) is 21.8. The third-order valence-corrected chi connectivity index (χ3v) is 8.25. The van der Waals surface area contributed by atoms with E-state index in [-0.39, 0.29) is 30.5 Å². The molecule has 1 fully saturated rings. The maximum atomic E-state index is 13.7. The SMILES string of the molecule is C/C(CSC(C)C)=C(\C(=O)OC(c1ccccc1)c1ccccc1)N1CC(NC(=O)Cc2cccs2)C1=O. The number of esters is 1. The van der Waals surface area contributed by atoms with Crippen LogP contribution in [0.5, 0.6) is 0 Å². The largest absolute Gasteiger partial charge is 0.448 e. The summed E-state index contributed by atoms with van der Waals surface area (Å²) in [5.41, 5.74) is 2.71. The van der Waals surface area contributed by atoms with Crippen molar-refractivity contribution in [3.05, 3.63) is 105 Å². The average molecular weight is 549 g/mol. The number of rotatable bonds is 11. The van der Waals surface area contributed by atoms with Crippen molar-refractivity contribution >= 4 is 40.9 Å². The van der Waals surface area contributed by atoms with Gasteiger partial charge in [0.05, 0.1) is 13.0 Å². The lowest BCUT2D eigenvalue weighted by molar-refractivity contribution is -0.153. The van der Waals surface area contributed by atoms with E-state index in [1.807, 2.05) is 85.1 Å². The predicted octanol–water partition coefficient (Wildman–Crippen LogP) is 5.37. The van der Waals surface area contributed by atoms with Crippen LogP contribution >= 0.6 is 23.1 Å². The summed E-state index contributed by atoms with van der Waals surface area (Å²) < 4.78 is 6.12. The van der Waals surface area contributed by atoms with E-state index in [0.717, 1.165) is 21.6 Å². The summed E-state index contributed by atoms with van der Waals surface area (Å²) in [5.74, 6) is -0.482. The minimum atomic E-state index is -0.658. The van der Waals surface area contributed by atoms with Crippen LogP contribution in [-0.2, 0) is 25.5 Å². The summed E-state index contributed by atoms with van der Waals surface area (Å²) in [6, 6.07) is 22.3. The summed E-state index contributed by atoms with van der Waals surface area (Å²) in [7, 11) is 0. The predicted molar refractivity (Wildman–Crippen MR) is 153 cm³/mol. The van der Waals surface area contributed by atoms with Crippen LogP contribution in [0.2, 0.25) is 0 Å². The van der Waals surface area contributed by atoms with Crippen LogP contribution in [-0.4, -0.2) is 46.3 Å². The Bertz CT molecular complexity index is 1230. The van der Waals surface area contributed by atoms with Crippen LogP contribution in [0.25, 0.3) is 0 Å². The van der Waals surface area contributed by atoms with Crippen molar-refractivity contribution in [2.75, 3.05) is 12.3 Å². The molecule has 1 atom stereocenters. The van der Waals surface area contributed by atoms with Crippen molar-refractivity contribution in [2.45, 2.75) is 44.6 Å². The third-order valence-electron chi connectivity index (χ3n) is 6.11. The number of β-lactam (4-membered cyclic amide) rings is 1. The van der Waals surface area contributed by atoms with Crippen LogP contribution in [0.3, 0.4) is 0 Å². The molecule has 3 aromatic rings. The van der Waals surface area contributed by atoms with Crippen molar-refractivity contribution in [3.8, 4) is 0 Å². The molecule has 0 aliphatic carbocycles. The number of carbonyl (C=O) groups excluding carboxylic acids is 3. The van der Waals surface area contributed by atoms with Gasteiger partial charge in [0.2, 0.25) is 5.91 Å². The molecule has 1 unspecified atom stereocenters. The summed E-state index contributed by atoms with van der Waals surface area (Å²) in [4.78, 5) is 41.8. The fourth-order valence-electron chi connectivity index (χ4n) is 4.17. The highest BCUT2D eigenvalue weighted by Crippen LogP contribution is 2.30. The lowest BCUT2D eigenvalue weighted by Gasteiger charge is -2.40. The molecule has 0 bridgehead atoms. The van der Waals surface area contributed by atoms with Gasteiger partial charge in [-0.15, -0.1) is 11.3 Å². The van der Waals surface area contributed by atoms with Gasteiger partial charge < -0.3 is 15.0 Å². The molecule has 8 heteroatoms. The number of hydrogen-bond donors (Lipinski definition) is 1. The van der Waals surface area contributed by atoms with Gasteiger partial charge in [0, 0.05) is 10.6 Å². The molecule has 38 heavy (non-hydrogen) atoms. The first-order valence-electron chi connectivity index (χ1n) is 12.6. The molecular weight excluding hydrogens is 516 g/mol. The number of amides is 2. The van der Waals surface area contributed by atoms with Gasteiger partial charge in [-0.05, 0) is 40.3 Å². The molecule has 1 N–H and O–H groups in total. The van der Waals surface area contributed by atoms with E-state index in [9.17, 15) is 14.4 Å². The summed E-state index contributed by atoms with van der Waals surface area (Å²) in [6.07, 6.45) is -0.394. The van der Waals surface area contributed by atoms with Crippen molar-refractivity contribution in [1.29, 1.82) is 0 Å². The normalized spacial score (nSPS) is 15.8. The Labute approximate surface area is 232 Å². The fraction of sp³-hybridized carbons (Fsp3) is 0.300. The van der Waals surface area contributed by atoms with Crippen molar-refractivity contribution in [2.24, 2.45) is 0 Å². The van der Waals surface area contributed by atoms with Gasteiger partial charge in [-0.1, -0.05) is 80.6 Å². The topological polar surface area (TPSA) is 75.7 Å². The van der Waals surface area contributed by atoms with Gasteiger partial charge in [0.25, 0.3) is 5.91 Å². The third kappa shape index (κ3) is 6.94. The molecule has 1 aromatic heterocycles. The van der Waals surface area contributed by atoms with E-state index < -0.39 is 18.1 Å². The highest BCUT2D eigenvalue weighted by molar-refractivity contribution is 8.00. The fourth-order valence-corrected chi connectivity index (χ4v) is 5.60. The molecule has 2 aromatic carbocycles. The van der Waals surface area contributed by atoms with E-state index in [4.69, 9.17) is 4.74 Å². The van der Waals surface area contributed by atoms with Crippen LogP contribution < -0.4 is 5.32 Å². The molecule has 0 spiro atoms. The Hall–Kier alpha value is -3.36. The second-order valence-electron chi connectivity index (χ2n) is 9.42. The Balaban J connectivity index is 1.54. The van der Waals surface area contributed by atoms with E-state index in [1.165, 1.54) is 16.2 Å². The second-order valence-corrected chi connectivity index (χ2v) is 12.0. The Morgan fingerprint density at radius 2 is 1.66 bits per heavy atom. The van der Waals surface area contributed by atoms with E-state index >= 15 is 0 Å². The minimum Gasteiger partial charge on any atom is -0.448 e. The standard InChI is InChI=1S/C30H32N2O4S2/c1-20(2)38-19-21(3)27(32-18-25(29(32)34)31-26(33)17-24-15-10-16-37-24)30(35)36-28(22-11-6-4-7-12-22)23-13-8-5-9-14-23/h4-16,20,25,28H,17-19H2,1-3H3,(H,31,33)/b27-21-. The highest BCUT2D eigenvalue weighted by atomic mass is 32.2. The zero-order chi connectivity index (χ0) is 27.1. The Kier molecular flexibility index (Phi) is 9.42. The smallest absolute Gasteiger partial charge is 0.355 e. The first-order valence-corrected chi connectivity index (χ1v) is 14.5. The minimum absolute atomic E-state index is 0.209. The Morgan fingerprint density at radius 3 is 2.18 bits per heavy atom. The molecule has 1 saturated heterocycles. The van der Waals surface area contributed by atoms with Crippen LogP contribution in [0.15, 0.2) is 89.4 Å². The van der Waals surface area contributed by atoms with Gasteiger partial charge >= 0.3 is 5.97 Å². The molecule has 2 heterocycles. The van der Waals surface area contributed by atoms with Gasteiger partial charge in [-0.25, -0.2) is 4.79 Å². The molecule has 1 aliphatic rings. The number of ether oxygens (including phenoxy) is 1. The van der Waals surface area contributed by atoms with Crippen LogP contribution in [0.4, 0.5) is 0 Å². The molecule has 4 rings (SSSR count). The van der Waals surface area contributed by atoms with E-state index in [2.05, 4.69) is 19.2 Å². The summed E-state index contributed by atoms with van der Waals surface area (Å²) in [5, 5.41) is 5.08. The number of thioether (sulfide) groups is 1. The molecule has 2 amide bonds. The number of benzene rings is 2. The van der Waals surface area contributed by atoms with Crippen LogP contribution in [0, 0.1) is 0 Å². The van der Waals surface area contributed by atoms with E-state index in [0.29, 0.717) is 11.0 Å². The maximum absolute atomic E-state index is 13.7. The van der Waals surface area contributed by atoms with Crippen molar-refractivity contribution < 1.29 is 19.1 Å². The van der Waals surface area contributed by atoms with Crippen molar-refractivity contribution in [1.82, 2.24) is 10.2 Å². The lowest BCUT2D eigenvalue weighted by atomic mass is 10.0. The van der Waals surface area contributed by atoms with Gasteiger partial charge in [-0.3, -0.25) is 9.59 Å². The number of likely N-dealkylation sites (tertiary alicyclic amines) is 1. The quantitative estimate of drug-likeness (QED) is 0.198. The molecule has 198 valence electrons. The molecule has 0 saturated carbocycles. The van der Waals surface area contributed by atoms with Gasteiger partial charge in [0.15, 0.2) is 6.10 Å². The summed E-state index contributed by atoms with van der Waals surface area (Å²) >= 11 is 3.19. The van der Waals surface area contributed by atoms with Crippen molar-refractivity contribution in [3.63, 3.8) is 0 Å². The molecule has 6 nitrogen and oxygen atoms in total. The highest BCUT2D eigenvalue weighted by Gasteiger charge is 2.43. The first-order chi connectivity index (χ1) is 18.3. The second kappa shape index (κ2) is 12.9. The average Bonchev–Trinajstić information content (AvgIpc) is 3.43. The Morgan fingerprint density at radius 1 is 1.03 bits per heavy atom. The number of carbonyl (C=O) groups is 3. The molecule has 0 radical (unpaired) electrons. The van der Waals surface area contributed by atoms with Gasteiger partial charge in [0.1, 0.15) is 11.7 Å². The number of nitrogens with zero attached hydrogens (tertiary/aromatic N) is 1. The van der Waals surface area contributed by atoms with Crippen LogP contribution in [0.1, 0.15) is 42.9 Å². The number of nitrogens with one attached hydrogen (secondary N) is 1. The monoisotopic (exact) mass is 548 g/mol. The van der Waals surface area contributed by atoms with E-state index in [1.54, 1.807) is 11.8 Å². The van der Waals surface area contributed by atoms with Gasteiger partial charge in [-0.2, -0.15) is 11.8 Å². The number of thiophene rings is 1.